The Morgan fingerprint density at radius 3 is 2.36 bits per heavy atom. The second kappa shape index (κ2) is 7.70. The highest BCUT2D eigenvalue weighted by Crippen LogP contribution is 2.17. The number of urea groups is 1. The van der Waals surface area contributed by atoms with E-state index in [1.54, 1.807) is 0 Å². The normalized spacial score (nSPS) is 15.2. The molecule has 1 aliphatic heterocycles. The van der Waals surface area contributed by atoms with Crippen molar-refractivity contribution < 1.29 is 4.79 Å². The molecule has 2 aromatic carbocycles. The average Bonchev–Trinajstić information content (AvgIpc) is 2.58. The molecule has 4 nitrogen and oxygen atoms in total. The molecule has 0 spiro atoms. The fourth-order valence-electron chi connectivity index (χ4n) is 3.33. The maximum atomic E-state index is 12.5. The molecular formula is C21H27N3O. The van der Waals surface area contributed by atoms with Crippen molar-refractivity contribution in [2.24, 2.45) is 0 Å². The van der Waals surface area contributed by atoms with Gasteiger partial charge in [0, 0.05) is 38.4 Å². The smallest absolute Gasteiger partial charge is 0.321 e. The third-order valence-corrected chi connectivity index (χ3v) is 4.77. The molecule has 2 amide bonds. The van der Waals surface area contributed by atoms with Crippen LogP contribution in [0.25, 0.3) is 0 Å². The Morgan fingerprint density at radius 1 is 0.960 bits per heavy atom. The zero-order valence-corrected chi connectivity index (χ0v) is 15.4. The first-order chi connectivity index (χ1) is 12.0. The van der Waals surface area contributed by atoms with E-state index in [0.29, 0.717) is 0 Å². The van der Waals surface area contributed by atoms with E-state index in [9.17, 15) is 4.79 Å². The van der Waals surface area contributed by atoms with Crippen molar-refractivity contribution in [3.8, 4) is 0 Å². The predicted molar refractivity (Wildman–Crippen MR) is 103 cm³/mol. The summed E-state index contributed by atoms with van der Waals surface area (Å²) < 4.78 is 0. The fraction of sp³-hybridized carbons (Fsp3) is 0.381. The van der Waals surface area contributed by atoms with Gasteiger partial charge in [0.2, 0.25) is 0 Å². The van der Waals surface area contributed by atoms with E-state index in [1.807, 2.05) is 24.0 Å². The standard InChI is InChI=1S/C21H27N3O/c1-16-5-4-6-19(14-16)15-23-9-11-24(12-10-23)21(25)22-20-8-7-17(2)13-18(20)3/h4-8,13-14H,9-12,15H2,1-3H3,(H,22,25). The van der Waals surface area contributed by atoms with Crippen molar-refractivity contribution in [2.45, 2.75) is 27.3 Å². The highest BCUT2D eigenvalue weighted by Gasteiger charge is 2.21. The van der Waals surface area contributed by atoms with Crippen molar-refractivity contribution >= 4 is 11.7 Å². The molecule has 0 atom stereocenters. The number of amides is 2. The van der Waals surface area contributed by atoms with Gasteiger partial charge in [0.1, 0.15) is 0 Å². The van der Waals surface area contributed by atoms with Crippen LogP contribution in [0.1, 0.15) is 22.3 Å². The zero-order chi connectivity index (χ0) is 17.8. The van der Waals surface area contributed by atoms with Gasteiger partial charge < -0.3 is 10.2 Å². The summed E-state index contributed by atoms with van der Waals surface area (Å²) in [7, 11) is 0. The molecule has 0 aliphatic carbocycles. The number of piperazine rings is 1. The zero-order valence-electron chi connectivity index (χ0n) is 15.4. The van der Waals surface area contributed by atoms with Gasteiger partial charge >= 0.3 is 6.03 Å². The van der Waals surface area contributed by atoms with Gasteiger partial charge in [-0.3, -0.25) is 4.90 Å². The Bertz CT molecular complexity index is 749. The molecule has 1 aliphatic rings. The molecule has 1 N–H and O–H groups in total. The van der Waals surface area contributed by atoms with Gasteiger partial charge in [-0.15, -0.1) is 0 Å². The van der Waals surface area contributed by atoms with Crippen LogP contribution in [0.2, 0.25) is 0 Å². The molecule has 25 heavy (non-hydrogen) atoms. The van der Waals surface area contributed by atoms with Crippen LogP contribution < -0.4 is 5.32 Å². The highest BCUT2D eigenvalue weighted by molar-refractivity contribution is 5.90. The maximum Gasteiger partial charge on any atom is 0.321 e. The molecule has 3 rings (SSSR count). The van der Waals surface area contributed by atoms with Crippen molar-refractivity contribution in [3.05, 3.63) is 64.7 Å². The number of nitrogens with zero attached hydrogens (tertiary/aromatic N) is 2. The number of anilines is 1. The Morgan fingerprint density at radius 2 is 1.68 bits per heavy atom. The maximum absolute atomic E-state index is 12.5. The number of nitrogens with one attached hydrogen (secondary N) is 1. The number of aryl methyl sites for hydroxylation is 3. The third kappa shape index (κ3) is 4.60. The molecule has 132 valence electrons. The van der Waals surface area contributed by atoms with Crippen molar-refractivity contribution in [1.82, 2.24) is 9.80 Å². The van der Waals surface area contributed by atoms with Crippen LogP contribution >= 0.6 is 0 Å². The summed E-state index contributed by atoms with van der Waals surface area (Å²) >= 11 is 0. The number of carbonyl (C=O) groups is 1. The van der Waals surface area contributed by atoms with Gasteiger partial charge in [0.15, 0.2) is 0 Å². The number of carbonyl (C=O) groups excluding carboxylic acids is 1. The van der Waals surface area contributed by atoms with E-state index in [4.69, 9.17) is 0 Å². The first-order valence-corrected chi connectivity index (χ1v) is 8.92. The summed E-state index contributed by atoms with van der Waals surface area (Å²) in [6, 6.07) is 14.7. The molecular weight excluding hydrogens is 310 g/mol. The molecule has 0 bridgehead atoms. The number of rotatable bonds is 3. The van der Waals surface area contributed by atoms with Crippen LogP contribution in [0.15, 0.2) is 42.5 Å². The first-order valence-electron chi connectivity index (χ1n) is 8.92. The number of benzene rings is 2. The lowest BCUT2D eigenvalue weighted by Gasteiger charge is -2.34. The van der Waals surface area contributed by atoms with Gasteiger partial charge in [-0.1, -0.05) is 47.5 Å². The van der Waals surface area contributed by atoms with E-state index in [2.05, 4.69) is 54.4 Å². The molecule has 1 heterocycles. The van der Waals surface area contributed by atoms with E-state index in [-0.39, 0.29) is 6.03 Å². The summed E-state index contributed by atoms with van der Waals surface area (Å²) in [6.07, 6.45) is 0. The summed E-state index contributed by atoms with van der Waals surface area (Å²) in [6.45, 7) is 10.5. The molecule has 0 saturated carbocycles. The average molecular weight is 337 g/mol. The van der Waals surface area contributed by atoms with Gasteiger partial charge in [0.25, 0.3) is 0 Å². The van der Waals surface area contributed by atoms with E-state index < -0.39 is 0 Å². The van der Waals surface area contributed by atoms with Gasteiger partial charge in [0.05, 0.1) is 0 Å². The number of hydrogen-bond donors (Lipinski definition) is 1. The molecule has 0 radical (unpaired) electrons. The topological polar surface area (TPSA) is 35.6 Å². The fourth-order valence-corrected chi connectivity index (χ4v) is 3.33. The Balaban J connectivity index is 1.52. The Hall–Kier alpha value is -2.33. The minimum absolute atomic E-state index is 0.00200. The lowest BCUT2D eigenvalue weighted by Crippen LogP contribution is -2.49. The lowest BCUT2D eigenvalue weighted by molar-refractivity contribution is 0.143. The Kier molecular flexibility index (Phi) is 5.39. The molecule has 1 saturated heterocycles. The quantitative estimate of drug-likeness (QED) is 0.920. The van der Waals surface area contributed by atoms with Gasteiger partial charge in [-0.25, -0.2) is 4.79 Å². The van der Waals surface area contributed by atoms with Crippen LogP contribution in [0.3, 0.4) is 0 Å². The summed E-state index contributed by atoms with van der Waals surface area (Å²) in [4.78, 5) is 16.8. The second-order valence-electron chi connectivity index (χ2n) is 7.00. The largest absolute Gasteiger partial charge is 0.322 e. The molecule has 2 aromatic rings. The first kappa shape index (κ1) is 17.5. The number of hydrogen-bond acceptors (Lipinski definition) is 2. The lowest BCUT2D eigenvalue weighted by atomic mass is 10.1. The van der Waals surface area contributed by atoms with E-state index >= 15 is 0 Å². The predicted octanol–water partition coefficient (Wildman–Crippen LogP) is 3.96. The van der Waals surface area contributed by atoms with Crippen molar-refractivity contribution in [3.63, 3.8) is 0 Å². The van der Waals surface area contributed by atoms with Crippen molar-refractivity contribution in [1.29, 1.82) is 0 Å². The molecule has 4 heteroatoms. The Labute approximate surface area is 150 Å². The van der Waals surface area contributed by atoms with Crippen LogP contribution in [-0.4, -0.2) is 42.0 Å². The van der Waals surface area contributed by atoms with Crippen LogP contribution in [0.4, 0.5) is 10.5 Å². The van der Waals surface area contributed by atoms with E-state index in [0.717, 1.165) is 44.0 Å². The minimum atomic E-state index is 0.00200. The van der Waals surface area contributed by atoms with Gasteiger partial charge in [-0.05, 0) is 38.0 Å². The SMILES string of the molecule is Cc1cccc(CN2CCN(C(=O)Nc3ccc(C)cc3C)CC2)c1. The van der Waals surface area contributed by atoms with Crippen LogP contribution in [0, 0.1) is 20.8 Å². The molecule has 0 aromatic heterocycles. The van der Waals surface area contributed by atoms with Crippen LogP contribution in [0.5, 0.6) is 0 Å². The van der Waals surface area contributed by atoms with Gasteiger partial charge in [-0.2, -0.15) is 0 Å². The molecule has 0 unspecified atom stereocenters. The van der Waals surface area contributed by atoms with Crippen LogP contribution in [-0.2, 0) is 6.54 Å². The van der Waals surface area contributed by atoms with E-state index in [1.165, 1.54) is 16.7 Å². The minimum Gasteiger partial charge on any atom is -0.322 e. The highest BCUT2D eigenvalue weighted by atomic mass is 16.2. The second-order valence-corrected chi connectivity index (χ2v) is 7.00. The van der Waals surface area contributed by atoms with Crippen molar-refractivity contribution in [2.75, 3.05) is 31.5 Å². The third-order valence-electron chi connectivity index (χ3n) is 4.77. The summed E-state index contributed by atoms with van der Waals surface area (Å²) in [5.74, 6) is 0. The summed E-state index contributed by atoms with van der Waals surface area (Å²) in [5.41, 5.74) is 5.85. The molecule has 1 fully saturated rings. The summed E-state index contributed by atoms with van der Waals surface area (Å²) in [5, 5.41) is 3.05. The monoisotopic (exact) mass is 337 g/mol.